The number of esters is 3. The molecular weight excluding hydrogens is 997 g/mol. The van der Waals surface area contributed by atoms with E-state index in [-0.39, 0.29) is 31.1 Å². The van der Waals surface area contributed by atoms with Crippen LogP contribution in [0.2, 0.25) is 0 Å². The molecule has 0 spiro atoms. The van der Waals surface area contributed by atoms with Gasteiger partial charge in [-0.1, -0.05) is 365 Å². The van der Waals surface area contributed by atoms with Gasteiger partial charge in [0.1, 0.15) is 13.2 Å². The lowest BCUT2D eigenvalue weighted by molar-refractivity contribution is -0.167. The van der Waals surface area contributed by atoms with Crippen molar-refractivity contribution in [1.29, 1.82) is 0 Å². The molecule has 6 heteroatoms. The fraction of sp³-hybridized carbons (Fsp3) is 0.880. The lowest BCUT2D eigenvalue weighted by Crippen LogP contribution is -2.30. The van der Waals surface area contributed by atoms with E-state index in [0.717, 1.165) is 70.6 Å². The molecule has 0 aromatic heterocycles. The van der Waals surface area contributed by atoms with Crippen molar-refractivity contribution in [3.63, 3.8) is 0 Å². The summed E-state index contributed by atoms with van der Waals surface area (Å²) in [7, 11) is 0. The number of unbranched alkanes of at least 4 members (excludes halogenated alkanes) is 51. The van der Waals surface area contributed by atoms with Crippen molar-refractivity contribution in [3.8, 4) is 0 Å². The zero-order valence-electron chi connectivity index (χ0n) is 54.8. The Balaban J connectivity index is 4.12. The maximum atomic E-state index is 12.9. The SMILES string of the molecule is CCCCCCC/C=C\C/C=C\C/C=C\CCCCCCCCCCCCCCCCC(=O)OCC(COC(=O)CCCCCCCCCCCC)OC(=O)CCCCCCCCCCCCCCCCCCCCCCCCCC. The topological polar surface area (TPSA) is 78.9 Å². The van der Waals surface area contributed by atoms with E-state index in [1.807, 2.05) is 0 Å². The van der Waals surface area contributed by atoms with Crippen LogP contribution in [0.3, 0.4) is 0 Å². The summed E-state index contributed by atoms with van der Waals surface area (Å²) in [5.74, 6) is -0.837. The van der Waals surface area contributed by atoms with E-state index in [2.05, 4.69) is 57.2 Å². The predicted molar refractivity (Wildman–Crippen MR) is 353 cm³/mol. The molecule has 0 aliphatic carbocycles. The van der Waals surface area contributed by atoms with Crippen molar-refractivity contribution in [1.82, 2.24) is 0 Å². The third-order valence-electron chi connectivity index (χ3n) is 16.6. The Bertz CT molecular complexity index is 1350. The van der Waals surface area contributed by atoms with Crippen LogP contribution in [0.1, 0.15) is 406 Å². The average Bonchev–Trinajstić information content (AvgIpc) is 3.47. The molecule has 0 amide bonds. The van der Waals surface area contributed by atoms with Crippen molar-refractivity contribution in [2.24, 2.45) is 0 Å². The molecule has 0 N–H and O–H groups in total. The van der Waals surface area contributed by atoms with Gasteiger partial charge in [0.2, 0.25) is 0 Å². The Kier molecular flexibility index (Phi) is 68.1. The number of carbonyl (C=O) groups is 3. The van der Waals surface area contributed by atoms with Gasteiger partial charge in [0.25, 0.3) is 0 Å². The molecule has 6 nitrogen and oxygen atoms in total. The number of carbonyl (C=O) groups excluding carboxylic acids is 3. The molecule has 0 radical (unpaired) electrons. The van der Waals surface area contributed by atoms with Crippen LogP contribution in [0.25, 0.3) is 0 Å². The Morgan fingerprint density at radius 1 is 0.247 bits per heavy atom. The monoisotopic (exact) mass is 1140 g/mol. The number of ether oxygens (including phenoxy) is 3. The van der Waals surface area contributed by atoms with Crippen LogP contribution >= 0.6 is 0 Å². The normalized spacial score (nSPS) is 12.2. The second kappa shape index (κ2) is 70.1. The maximum absolute atomic E-state index is 12.9. The Hall–Kier alpha value is -2.37. The molecule has 0 aromatic carbocycles. The molecule has 1 unspecified atom stereocenters. The molecule has 0 saturated heterocycles. The van der Waals surface area contributed by atoms with Gasteiger partial charge in [-0.25, -0.2) is 0 Å². The highest BCUT2D eigenvalue weighted by Crippen LogP contribution is 2.19. The van der Waals surface area contributed by atoms with Gasteiger partial charge in [-0.3, -0.25) is 14.4 Å². The highest BCUT2D eigenvalue weighted by Gasteiger charge is 2.19. The Labute approximate surface area is 506 Å². The smallest absolute Gasteiger partial charge is 0.306 e. The van der Waals surface area contributed by atoms with Gasteiger partial charge in [0, 0.05) is 19.3 Å². The third-order valence-corrected chi connectivity index (χ3v) is 16.6. The van der Waals surface area contributed by atoms with Gasteiger partial charge in [-0.05, 0) is 57.8 Å². The molecule has 0 aromatic rings. The van der Waals surface area contributed by atoms with Gasteiger partial charge < -0.3 is 14.2 Å². The minimum atomic E-state index is -0.768. The molecule has 1 atom stereocenters. The first kappa shape index (κ1) is 78.6. The quantitative estimate of drug-likeness (QED) is 0.0261. The van der Waals surface area contributed by atoms with E-state index in [9.17, 15) is 14.4 Å². The minimum Gasteiger partial charge on any atom is -0.462 e. The molecule has 0 aliphatic heterocycles. The number of allylic oxidation sites excluding steroid dienone is 6. The number of hydrogen-bond acceptors (Lipinski definition) is 6. The fourth-order valence-electron chi connectivity index (χ4n) is 11.2. The zero-order valence-corrected chi connectivity index (χ0v) is 54.8. The Morgan fingerprint density at radius 2 is 0.444 bits per heavy atom. The molecule has 0 saturated carbocycles. The highest BCUT2D eigenvalue weighted by atomic mass is 16.6. The summed E-state index contributed by atoms with van der Waals surface area (Å²) in [6.07, 6.45) is 87.6. The van der Waals surface area contributed by atoms with Crippen molar-refractivity contribution in [3.05, 3.63) is 36.5 Å². The minimum absolute atomic E-state index is 0.0656. The van der Waals surface area contributed by atoms with E-state index >= 15 is 0 Å². The van der Waals surface area contributed by atoms with E-state index in [1.54, 1.807) is 0 Å². The van der Waals surface area contributed by atoms with Crippen LogP contribution in [0.5, 0.6) is 0 Å². The van der Waals surface area contributed by atoms with Gasteiger partial charge in [-0.15, -0.1) is 0 Å². The van der Waals surface area contributed by atoms with Crippen LogP contribution in [-0.4, -0.2) is 37.2 Å². The first-order valence-corrected chi connectivity index (χ1v) is 36.5. The van der Waals surface area contributed by atoms with Crippen molar-refractivity contribution >= 4 is 17.9 Å². The third kappa shape index (κ3) is 68.3. The summed E-state index contributed by atoms with van der Waals surface area (Å²) < 4.78 is 17.0. The van der Waals surface area contributed by atoms with Gasteiger partial charge in [-0.2, -0.15) is 0 Å². The first-order valence-electron chi connectivity index (χ1n) is 36.5. The molecule has 0 heterocycles. The number of rotatable bonds is 68. The molecular formula is C75H140O6. The summed E-state index contributed by atoms with van der Waals surface area (Å²) in [5, 5.41) is 0. The summed E-state index contributed by atoms with van der Waals surface area (Å²) in [6.45, 7) is 6.69. The maximum Gasteiger partial charge on any atom is 0.306 e. The zero-order chi connectivity index (χ0) is 58.5. The molecule has 81 heavy (non-hydrogen) atoms. The van der Waals surface area contributed by atoms with Crippen LogP contribution in [0, 0.1) is 0 Å². The van der Waals surface area contributed by atoms with Crippen LogP contribution in [0.15, 0.2) is 36.5 Å². The summed E-state index contributed by atoms with van der Waals surface area (Å²) >= 11 is 0. The highest BCUT2D eigenvalue weighted by molar-refractivity contribution is 5.71. The second-order valence-corrected chi connectivity index (χ2v) is 24.9. The summed E-state index contributed by atoms with van der Waals surface area (Å²) in [5.41, 5.74) is 0. The largest absolute Gasteiger partial charge is 0.462 e. The Morgan fingerprint density at radius 3 is 0.691 bits per heavy atom. The van der Waals surface area contributed by atoms with E-state index < -0.39 is 6.10 Å². The van der Waals surface area contributed by atoms with Crippen LogP contribution in [-0.2, 0) is 28.6 Å². The summed E-state index contributed by atoms with van der Waals surface area (Å²) in [6, 6.07) is 0. The standard InChI is InChI=1S/C75H140O6/c1-4-7-10-13-16-19-22-24-26-28-30-32-34-36-37-38-39-40-42-43-45-47-49-51-53-56-59-62-65-68-74(77)80-71-72(70-79-73(76)67-64-61-58-55-21-18-15-12-9-6-3)81-75(78)69-66-63-60-57-54-52-50-48-46-44-41-35-33-31-29-27-25-23-20-17-14-11-8-5-2/h22,24,28,30,34,36,72H,4-21,23,25-27,29,31-33,35,37-71H2,1-3H3/b24-22-,30-28-,36-34-. The average molecular weight is 1140 g/mol. The predicted octanol–water partition coefficient (Wildman–Crippen LogP) is 25.1. The first-order chi connectivity index (χ1) is 40.0. The van der Waals surface area contributed by atoms with E-state index in [4.69, 9.17) is 14.2 Å². The van der Waals surface area contributed by atoms with Crippen molar-refractivity contribution in [2.45, 2.75) is 412 Å². The molecule has 476 valence electrons. The molecule has 0 aliphatic rings. The molecule has 0 rings (SSSR count). The van der Waals surface area contributed by atoms with Crippen LogP contribution < -0.4 is 0 Å². The number of hydrogen-bond donors (Lipinski definition) is 0. The van der Waals surface area contributed by atoms with Crippen molar-refractivity contribution in [2.75, 3.05) is 13.2 Å². The molecule has 0 bridgehead atoms. The lowest BCUT2D eigenvalue weighted by atomic mass is 10.0. The lowest BCUT2D eigenvalue weighted by Gasteiger charge is -2.18. The summed E-state index contributed by atoms with van der Waals surface area (Å²) in [4.78, 5) is 38.4. The van der Waals surface area contributed by atoms with Gasteiger partial charge >= 0.3 is 17.9 Å². The van der Waals surface area contributed by atoms with Crippen LogP contribution in [0.4, 0.5) is 0 Å². The molecule has 0 fully saturated rings. The van der Waals surface area contributed by atoms with Gasteiger partial charge in [0.05, 0.1) is 0 Å². The van der Waals surface area contributed by atoms with Crippen molar-refractivity contribution < 1.29 is 28.6 Å². The second-order valence-electron chi connectivity index (χ2n) is 24.9. The fourth-order valence-corrected chi connectivity index (χ4v) is 11.2. The van der Waals surface area contributed by atoms with E-state index in [1.165, 1.54) is 295 Å². The van der Waals surface area contributed by atoms with E-state index in [0.29, 0.717) is 19.3 Å². The van der Waals surface area contributed by atoms with Gasteiger partial charge in [0.15, 0.2) is 6.10 Å².